The topological polar surface area (TPSA) is 0 Å². The van der Waals surface area contributed by atoms with Crippen LogP contribution in [0.1, 0.15) is 0 Å². The lowest BCUT2D eigenvalue weighted by molar-refractivity contribution is 1.68. The predicted molar refractivity (Wildman–Crippen MR) is 103 cm³/mol. The van der Waals surface area contributed by atoms with Crippen LogP contribution in [0.5, 0.6) is 0 Å². The Morgan fingerprint density at radius 3 is 2.42 bits per heavy atom. The molecule has 0 aliphatic heterocycles. The quantitative estimate of drug-likeness (QED) is 0.305. The maximum absolute atomic E-state index is 3.30. The van der Waals surface area contributed by atoms with Crippen molar-refractivity contribution >= 4 is 32.3 Å². The molecule has 0 nitrogen and oxygen atoms in total. The first-order valence-corrected chi connectivity index (χ1v) is 8.21. The zero-order chi connectivity index (χ0) is 15.9. The number of hydrogen-bond donors (Lipinski definition) is 0. The molecule has 0 unspecified atom stereocenters. The summed E-state index contributed by atoms with van der Waals surface area (Å²) in [6.45, 7) is 0. The van der Waals surface area contributed by atoms with E-state index < -0.39 is 0 Å². The molecule has 0 bridgehead atoms. The maximum atomic E-state index is 3.30. The third-order valence-electron chi connectivity index (χ3n) is 4.74. The average Bonchev–Trinajstić information content (AvgIpc) is 2.67. The van der Waals surface area contributed by atoms with E-state index in [-0.39, 0.29) is 0 Å². The second-order valence-electron chi connectivity index (χ2n) is 6.16. The van der Waals surface area contributed by atoms with Crippen LogP contribution in [0.15, 0.2) is 91.0 Å². The summed E-state index contributed by atoms with van der Waals surface area (Å²) in [5, 5.41) is 7.59. The van der Waals surface area contributed by atoms with E-state index in [0.717, 1.165) is 5.39 Å². The van der Waals surface area contributed by atoms with Crippen LogP contribution in [0.25, 0.3) is 43.4 Å². The Kier molecular flexibility index (Phi) is 2.89. The summed E-state index contributed by atoms with van der Waals surface area (Å²) in [7, 11) is 0. The van der Waals surface area contributed by atoms with Crippen molar-refractivity contribution in [3.8, 4) is 11.1 Å². The molecule has 0 aliphatic carbocycles. The summed E-state index contributed by atoms with van der Waals surface area (Å²) in [6.07, 6.45) is 0. The van der Waals surface area contributed by atoms with Gasteiger partial charge >= 0.3 is 0 Å². The molecule has 0 heteroatoms. The van der Waals surface area contributed by atoms with Crippen molar-refractivity contribution in [2.24, 2.45) is 0 Å². The van der Waals surface area contributed by atoms with E-state index in [1.807, 2.05) is 12.1 Å². The van der Waals surface area contributed by atoms with Gasteiger partial charge in [0.15, 0.2) is 0 Å². The van der Waals surface area contributed by atoms with Crippen LogP contribution >= 0.6 is 0 Å². The van der Waals surface area contributed by atoms with Gasteiger partial charge < -0.3 is 0 Å². The minimum Gasteiger partial charge on any atom is -0.0616 e. The van der Waals surface area contributed by atoms with Gasteiger partial charge in [0, 0.05) is 0 Å². The molecule has 0 fully saturated rings. The Hall–Kier alpha value is -3.12. The Morgan fingerprint density at radius 1 is 0.583 bits per heavy atom. The average molecular weight is 303 g/mol. The van der Waals surface area contributed by atoms with Gasteiger partial charge in [-0.15, -0.1) is 0 Å². The molecular weight excluding hydrogens is 288 g/mol. The molecule has 5 rings (SSSR count). The van der Waals surface area contributed by atoms with Crippen molar-refractivity contribution in [2.75, 3.05) is 0 Å². The van der Waals surface area contributed by atoms with Crippen LogP contribution in [-0.4, -0.2) is 0 Å². The van der Waals surface area contributed by atoms with Crippen molar-refractivity contribution < 1.29 is 0 Å². The highest BCUT2D eigenvalue weighted by Gasteiger charge is 2.08. The van der Waals surface area contributed by atoms with Gasteiger partial charge in [0.1, 0.15) is 0 Å². The maximum Gasteiger partial charge on any atom is -0.00268 e. The molecule has 24 heavy (non-hydrogen) atoms. The fourth-order valence-electron chi connectivity index (χ4n) is 3.59. The first kappa shape index (κ1) is 13.3. The highest BCUT2D eigenvalue weighted by Crippen LogP contribution is 2.35. The summed E-state index contributed by atoms with van der Waals surface area (Å²) in [5.74, 6) is 0. The van der Waals surface area contributed by atoms with Gasteiger partial charge in [-0.05, 0) is 55.6 Å². The Labute approximate surface area is 141 Å². The Morgan fingerprint density at radius 2 is 1.42 bits per heavy atom. The molecular formula is C24H15. The van der Waals surface area contributed by atoms with Gasteiger partial charge in [-0.1, -0.05) is 84.9 Å². The van der Waals surface area contributed by atoms with E-state index in [2.05, 4.69) is 84.9 Å². The minimum atomic E-state index is 1.16. The highest BCUT2D eigenvalue weighted by atomic mass is 14.1. The molecule has 0 amide bonds. The van der Waals surface area contributed by atoms with Crippen LogP contribution in [-0.2, 0) is 0 Å². The molecule has 0 spiro atoms. The number of hydrogen-bond acceptors (Lipinski definition) is 0. The third-order valence-corrected chi connectivity index (χ3v) is 4.74. The molecule has 111 valence electrons. The number of benzene rings is 5. The van der Waals surface area contributed by atoms with E-state index >= 15 is 0 Å². The third kappa shape index (κ3) is 2.00. The molecule has 5 aromatic carbocycles. The van der Waals surface area contributed by atoms with Crippen LogP contribution in [0.3, 0.4) is 0 Å². The first-order valence-electron chi connectivity index (χ1n) is 8.21. The molecule has 1 radical (unpaired) electrons. The molecule has 5 aromatic rings. The molecule has 0 heterocycles. The summed E-state index contributed by atoms with van der Waals surface area (Å²) < 4.78 is 0. The molecule has 0 saturated carbocycles. The predicted octanol–water partition coefficient (Wildman–Crippen LogP) is 6.61. The van der Waals surface area contributed by atoms with Crippen LogP contribution in [0.2, 0.25) is 0 Å². The minimum absolute atomic E-state index is 1.16. The van der Waals surface area contributed by atoms with Crippen molar-refractivity contribution in [2.45, 2.75) is 0 Å². The van der Waals surface area contributed by atoms with Gasteiger partial charge in [0.05, 0.1) is 0 Å². The second-order valence-corrected chi connectivity index (χ2v) is 6.16. The SMILES string of the molecule is [c]1cccc2cc(-c3cccc4ccc5ccccc5c34)ccc12. The lowest BCUT2D eigenvalue weighted by Gasteiger charge is -2.11. The van der Waals surface area contributed by atoms with Crippen LogP contribution in [0.4, 0.5) is 0 Å². The van der Waals surface area contributed by atoms with Crippen LogP contribution < -0.4 is 0 Å². The molecule has 0 aromatic heterocycles. The Balaban J connectivity index is 1.89. The summed E-state index contributed by atoms with van der Waals surface area (Å²) >= 11 is 0. The second kappa shape index (κ2) is 5.21. The number of fused-ring (bicyclic) bond motifs is 4. The van der Waals surface area contributed by atoms with E-state index in [0.29, 0.717) is 0 Å². The van der Waals surface area contributed by atoms with E-state index in [1.165, 1.54) is 38.1 Å². The standard InChI is InChI=1S/C24H15/c1-2-8-20-16-21(15-12-17(20)6-1)23-11-5-9-19-14-13-18-7-3-4-10-22(18)24(19)23/h1-5,7-16H. The van der Waals surface area contributed by atoms with E-state index in [4.69, 9.17) is 0 Å². The molecule has 0 saturated heterocycles. The smallest absolute Gasteiger partial charge is 0.00268 e. The molecule has 0 aliphatic rings. The monoisotopic (exact) mass is 303 g/mol. The van der Waals surface area contributed by atoms with Crippen molar-refractivity contribution in [3.05, 3.63) is 97.1 Å². The zero-order valence-corrected chi connectivity index (χ0v) is 13.2. The summed E-state index contributed by atoms with van der Waals surface area (Å²) in [5.41, 5.74) is 2.54. The van der Waals surface area contributed by atoms with Gasteiger partial charge in [-0.2, -0.15) is 0 Å². The normalized spacial score (nSPS) is 11.3. The van der Waals surface area contributed by atoms with Gasteiger partial charge in [0.2, 0.25) is 0 Å². The fourth-order valence-corrected chi connectivity index (χ4v) is 3.59. The zero-order valence-electron chi connectivity index (χ0n) is 13.2. The molecule has 0 atom stereocenters. The summed E-state index contributed by atoms with van der Waals surface area (Å²) in [6, 6.07) is 35.7. The van der Waals surface area contributed by atoms with Crippen molar-refractivity contribution in [3.63, 3.8) is 0 Å². The number of rotatable bonds is 1. The van der Waals surface area contributed by atoms with E-state index in [9.17, 15) is 0 Å². The van der Waals surface area contributed by atoms with Crippen molar-refractivity contribution in [1.29, 1.82) is 0 Å². The van der Waals surface area contributed by atoms with Crippen LogP contribution in [0, 0.1) is 6.07 Å². The highest BCUT2D eigenvalue weighted by molar-refractivity contribution is 6.14. The largest absolute Gasteiger partial charge is 0.0616 e. The first-order chi connectivity index (χ1) is 11.9. The molecule has 0 N–H and O–H groups in total. The van der Waals surface area contributed by atoms with Gasteiger partial charge in [0.25, 0.3) is 0 Å². The van der Waals surface area contributed by atoms with E-state index in [1.54, 1.807) is 0 Å². The van der Waals surface area contributed by atoms with Gasteiger partial charge in [-0.3, -0.25) is 0 Å². The Bertz CT molecular complexity index is 1200. The van der Waals surface area contributed by atoms with Gasteiger partial charge in [-0.25, -0.2) is 0 Å². The lowest BCUT2D eigenvalue weighted by atomic mass is 9.93. The lowest BCUT2D eigenvalue weighted by Crippen LogP contribution is -1.84. The fraction of sp³-hybridized carbons (Fsp3) is 0. The van der Waals surface area contributed by atoms with Crippen molar-refractivity contribution in [1.82, 2.24) is 0 Å². The summed E-state index contributed by atoms with van der Waals surface area (Å²) in [4.78, 5) is 0.